The number of pyridine rings is 1. The van der Waals surface area contributed by atoms with E-state index < -0.39 is 0 Å². The van der Waals surface area contributed by atoms with Crippen LogP contribution in [0.15, 0.2) is 35.5 Å². The SMILES string of the molecule is CCc1ccc(CSc2ncccc2N)s1. The Morgan fingerprint density at radius 3 is 2.81 bits per heavy atom. The van der Waals surface area contributed by atoms with Crippen molar-refractivity contribution < 1.29 is 0 Å². The minimum absolute atomic E-state index is 0.764. The fourth-order valence-electron chi connectivity index (χ4n) is 1.35. The van der Waals surface area contributed by atoms with Crippen LogP contribution in [0.1, 0.15) is 16.7 Å². The van der Waals surface area contributed by atoms with Gasteiger partial charge in [-0.05, 0) is 30.7 Å². The Kier molecular flexibility index (Phi) is 3.85. The minimum atomic E-state index is 0.764. The van der Waals surface area contributed by atoms with Gasteiger partial charge >= 0.3 is 0 Å². The molecule has 2 aromatic rings. The van der Waals surface area contributed by atoms with Crippen LogP contribution < -0.4 is 5.73 Å². The highest BCUT2D eigenvalue weighted by atomic mass is 32.2. The molecule has 0 atom stereocenters. The second-order valence-electron chi connectivity index (χ2n) is 3.41. The Morgan fingerprint density at radius 2 is 2.12 bits per heavy atom. The van der Waals surface area contributed by atoms with E-state index in [2.05, 4.69) is 24.0 Å². The van der Waals surface area contributed by atoms with Gasteiger partial charge in [0.2, 0.25) is 0 Å². The Hall–Kier alpha value is -1.00. The molecular formula is C12H14N2S2. The molecule has 4 heteroatoms. The number of hydrogen-bond acceptors (Lipinski definition) is 4. The van der Waals surface area contributed by atoms with Crippen LogP contribution >= 0.6 is 23.1 Å². The molecule has 0 radical (unpaired) electrons. The maximum Gasteiger partial charge on any atom is 0.119 e. The van der Waals surface area contributed by atoms with Gasteiger partial charge in [0.1, 0.15) is 5.03 Å². The zero-order valence-corrected chi connectivity index (χ0v) is 10.8. The molecular weight excluding hydrogens is 236 g/mol. The van der Waals surface area contributed by atoms with Gasteiger partial charge < -0.3 is 5.73 Å². The van der Waals surface area contributed by atoms with E-state index in [-0.39, 0.29) is 0 Å². The third-order valence-corrected chi connectivity index (χ3v) is 4.70. The van der Waals surface area contributed by atoms with Gasteiger partial charge in [-0.25, -0.2) is 4.98 Å². The summed E-state index contributed by atoms with van der Waals surface area (Å²) >= 11 is 3.57. The molecule has 0 aromatic carbocycles. The van der Waals surface area contributed by atoms with E-state index in [0.29, 0.717) is 0 Å². The summed E-state index contributed by atoms with van der Waals surface area (Å²) in [6.45, 7) is 2.18. The van der Waals surface area contributed by atoms with Crippen molar-refractivity contribution in [1.29, 1.82) is 0 Å². The molecule has 0 fully saturated rings. The highest BCUT2D eigenvalue weighted by molar-refractivity contribution is 7.98. The van der Waals surface area contributed by atoms with Gasteiger partial charge in [0.15, 0.2) is 0 Å². The maximum atomic E-state index is 5.84. The molecule has 0 saturated heterocycles. The molecule has 0 aliphatic heterocycles. The van der Waals surface area contributed by atoms with Gasteiger partial charge in [-0.15, -0.1) is 11.3 Å². The first-order valence-electron chi connectivity index (χ1n) is 5.20. The van der Waals surface area contributed by atoms with Crippen LogP contribution in [0, 0.1) is 0 Å². The van der Waals surface area contributed by atoms with Gasteiger partial charge in [-0.1, -0.05) is 18.7 Å². The number of thioether (sulfide) groups is 1. The lowest BCUT2D eigenvalue weighted by Gasteiger charge is -2.01. The summed E-state index contributed by atoms with van der Waals surface area (Å²) in [5.41, 5.74) is 6.60. The monoisotopic (exact) mass is 250 g/mol. The summed E-state index contributed by atoms with van der Waals surface area (Å²) in [6, 6.07) is 8.14. The summed E-state index contributed by atoms with van der Waals surface area (Å²) < 4.78 is 0. The maximum absolute atomic E-state index is 5.84. The lowest BCUT2D eigenvalue weighted by Crippen LogP contribution is -1.90. The molecule has 2 nitrogen and oxygen atoms in total. The van der Waals surface area contributed by atoms with Crippen LogP contribution in [0.25, 0.3) is 0 Å². The fourth-order valence-corrected chi connectivity index (χ4v) is 3.26. The first kappa shape index (κ1) is 11.5. The Labute approximate surface area is 104 Å². The van der Waals surface area contributed by atoms with Gasteiger partial charge in [0.05, 0.1) is 5.69 Å². The summed E-state index contributed by atoms with van der Waals surface area (Å²) in [4.78, 5) is 7.08. The van der Waals surface area contributed by atoms with E-state index in [9.17, 15) is 0 Å². The Morgan fingerprint density at radius 1 is 1.31 bits per heavy atom. The predicted octanol–water partition coefficient (Wildman–Crippen LogP) is 3.58. The average molecular weight is 250 g/mol. The van der Waals surface area contributed by atoms with E-state index >= 15 is 0 Å². The molecule has 0 aliphatic carbocycles. The van der Waals surface area contributed by atoms with Crippen molar-refractivity contribution in [2.24, 2.45) is 0 Å². The van der Waals surface area contributed by atoms with E-state index in [4.69, 9.17) is 5.73 Å². The normalized spacial score (nSPS) is 10.6. The van der Waals surface area contributed by atoms with Gasteiger partial charge in [-0.3, -0.25) is 0 Å². The van der Waals surface area contributed by atoms with Crippen LogP contribution in [0.5, 0.6) is 0 Å². The summed E-state index contributed by atoms with van der Waals surface area (Å²) in [6.07, 6.45) is 2.89. The van der Waals surface area contributed by atoms with Gasteiger partial charge in [0, 0.05) is 21.7 Å². The zero-order chi connectivity index (χ0) is 11.4. The molecule has 0 spiro atoms. The van der Waals surface area contributed by atoms with Crippen molar-refractivity contribution in [2.45, 2.75) is 24.1 Å². The standard InChI is InChI=1S/C12H14N2S2/c1-2-9-5-6-10(16-9)8-15-12-11(13)4-3-7-14-12/h3-7H,2,8,13H2,1H3. The third kappa shape index (κ3) is 2.77. The lowest BCUT2D eigenvalue weighted by atomic mass is 10.4. The van der Waals surface area contributed by atoms with Crippen molar-refractivity contribution in [3.8, 4) is 0 Å². The molecule has 0 amide bonds. The molecule has 0 aliphatic rings. The summed E-state index contributed by atoms with van der Waals surface area (Å²) in [5.74, 6) is 0.950. The molecule has 0 unspecified atom stereocenters. The third-order valence-electron chi connectivity index (χ3n) is 2.22. The van der Waals surface area contributed by atoms with Crippen molar-refractivity contribution in [3.63, 3.8) is 0 Å². The van der Waals surface area contributed by atoms with Gasteiger partial charge in [0.25, 0.3) is 0 Å². The predicted molar refractivity (Wildman–Crippen MR) is 71.9 cm³/mol. The average Bonchev–Trinajstić information content (AvgIpc) is 2.76. The Bertz CT molecular complexity index is 466. The minimum Gasteiger partial charge on any atom is -0.397 e. The number of hydrogen-bond donors (Lipinski definition) is 1. The van der Waals surface area contributed by atoms with Crippen LogP contribution in [-0.2, 0) is 12.2 Å². The van der Waals surface area contributed by atoms with Crippen molar-refractivity contribution in [2.75, 3.05) is 5.73 Å². The molecule has 2 rings (SSSR count). The highest BCUT2D eigenvalue weighted by Crippen LogP contribution is 2.28. The largest absolute Gasteiger partial charge is 0.397 e. The number of rotatable bonds is 4. The summed E-state index contributed by atoms with van der Waals surface area (Å²) in [7, 11) is 0. The summed E-state index contributed by atoms with van der Waals surface area (Å²) in [5, 5.41) is 0.925. The fraction of sp³-hybridized carbons (Fsp3) is 0.250. The number of thiophene rings is 1. The number of anilines is 1. The number of nitrogens with two attached hydrogens (primary N) is 1. The first-order chi connectivity index (χ1) is 7.79. The molecule has 2 N–H and O–H groups in total. The lowest BCUT2D eigenvalue weighted by molar-refractivity contribution is 1.14. The second-order valence-corrected chi connectivity index (χ2v) is 5.62. The van der Waals surface area contributed by atoms with Crippen LogP contribution in [0.4, 0.5) is 5.69 Å². The quantitative estimate of drug-likeness (QED) is 0.843. The van der Waals surface area contributed by atoms with E-state index in [0.717, 1.165) is 22.9 Å². The van der Waals surface area contributed by atoms with E-state index in [1.807, 2.05) is 23.5 Å². The van der Waals surface area contributed by atoms with Crippen LogP contribution in [0.3, 0.4) is 0 Å². The number of aromatic nitrogens is 1. The van der Waals surface area contributed by atoms with Crippen LogP contribution in [0.2, 0.25) is 0 Å². The zero-order valence-electron chi connectivity index (χ0n) is 9.14. The number of aryl methyl sites for hydroxylation is 1. The first-order valence-corrected chi connectivity index (χ1v) is 7.00. The van der Waals surface area contributed by atoms with Crippen molar-refractivity contribution in [3.05, 3.63) is 40.2 Å². The highest BCUT2D eigenvalue weighted by Gasteiger charge is 2.03. The number of nitrogens with zero attached hydrogens (tertiary/aromatic N) is 1. The van der Waals surface area contributed by atoms with Crippen LogP contribution in [-0.4, -0.2) is 4.98 Å². The van der Waals surface area contributed by atoms with E-state index in [1.165, 1.54) is 9.75 Å². The molecule has 84 valence electrons. The molecule has 0 bridgehead atoms. The van der Waals surface area contributed by atoms with Gasteiger partial charge in [-0.2, -0.15) is 0 Å². The van der Waals surface area contributed by atoms with E-state index in [1.54, 1.807) is 18.0 Å². The van der Waals surface area contributed by atoms with Crippen molar-refractivity contribution in [1.82, 2.24) is 4.98 Å². The smallest absolute Gasteiger partial charge is 0.119 e. The molecule has 0 saturated carbocycles. The van der Waals surface area contributed by atoms with Crippen molar-refractivity contribution >= 4 is 28.8 Å². The topological polar surface area (TPSA) is 38.9 Å². The molecule has 16 heavy (non-hydrogen) atoms. The number of nitrogen functional groups attached to an aromatic ring is 1. The Balaban J connectivity index is 1.99. The molecule has 2 aromatic heterocycles. The second kappa shape index (κ2) is 5.37. The molecule has 2 heterocycles.